The van der Waals surface area contributed by atoms with Gasteiger partial charge in [0.05, 0.1) is 6.61 Å². The number of ether oxygens (including phenoxy) is 1. The highest BCUT2D eigenvalue weighted by atomic mass is 16.5. The van der Waals surface area contributed by atoms with Gasteiger partial charge in [-0.05, 0) is 36.8 Å². The molecule has 0 aromatic heterocycles. The number of para-hydroxylation sites is 1. The molecular weight excluding hydrogens is 246 g/mol. The summed E-state index contributed by atoms with van der Waals surface area (Å²) in [6.45, 7) is 6.43. The van der Waals surface area contributed by atoms with E-state index in [0.717, 1.165) is 31.4 Å². The maximum Gasteiger partial charge on any atom is 0.127 e. The average Bonchev–Trinajstić information content (AvgIpc) is 3.12. The molecule has 1 heterocycles. The summed E-state index contributed by atoms with van der Waals surface area (Å²) in [5.74, 6) is 2.88. The van der Waals surface area contributed by atoms with E-state index in [1.165, 1.54) is 42.6 Å². The Morgan fingerprint density at radius 3 is 2.95 bits per heavy atom. The van der Waals surface area contributed by atoms with Crippen LogP contribution >= 0.6 is 0 Å². The van der Waals surface area contributed by atoms with Crippen LogP contribution < -0.4 is 10.1 Å². The van der Waals surface area contributed by atoms with E-state index >= 15 is 0 Å². The fraction of sp³-hybridized carbons (Fsp3) is 0.667. The van der Waals surface area contributed by atoms with Crippen molar-refractivity contribution in [2.24, 2.45) is 11.8 Å². The molecule has 1 aliphatic heterocycles. The van der Waals surface area contributed by atoms with Crippen LogP contribution in [0.15, 0.2) is 18.2 Å². The average molecular weight is 273 g/mol. The lowest BCUT2D eigenvalue weighted by atomic mass is 9.89. The molecule has 2 heteroatoms. The minimum absolute atomic E-state index is 0.476. The summed E-state index contributed by atoms with van der Waals surface area (Å²) in [7, 11) is 0. The molecule has 1 aliphatic carbocycles. The van der Waals surface area contributed by atoms with Crippen molar-refractivity contribution in [3.05, 3.63) is 29.3 Å². The molecule has 0 radical (unpaired) electrons. The molecule has 3 unspecified atom stereocenters. The molecule has 2 aliphatic rings. The molecule has 1 fully saturated rings. The molecule has 110 valence electrons. The molecule has 1 aromatic carbocycles. The Bertz CT molecular complexity index is 457. The lowest BCUT2D eigenvalue weighted by Gasteiger charge is -2.26. The van der Waals surface area contributed by atoms with Crippen molar-refractivity contribution < 1.29 is 4.74 Å². The molecule has 3 rings (SSSR count). The van der Waals surface area contributed by atoms with Gasteiger partial charge in [0, 0.05) is 18.0 Å². The van der Waals surface area contributed by atoms with Crippen LogP contribution in [0.25, 0.3) is 0 Å². The Morgan fingerprint density at radius 1 is 1.30 bits per heavy atom. The van der Waals surface area contributed by atoms with Gasteiger partial charge in [0.2, 0.25) is 0 Å². The third-order valence-electron chi connectivity index (χ3n) is 5.13. The van der Waals surface area contributed by atoms with Crippen LogP contribution in [0.1, 0.15) is 56.7 Å². The fourth-order valence-electron chi connectivity index (χ4n) is 4.02. The Labute approximate surface area is 122 Å². The van der Waals surface area contributed by atoms with Gasteiger partial charge < -0.3 is 10.1 Å². The van der Waals surface area contributed by atoms with Gasteiger partial charge in [-0.25, -0.2) is 0 Å². The second-order valence-electron chi connectivity index (χ2n) is 6.32. The zero-order valence-electron chi connectivity index (χ0n) is 12.8. The largest absolute Gasteiger partial charge is 0.493 e. The summed E-state index contributed by atoms with van der Waals surface area (Å²) in [5.41, 5.74) is 2.80. The van der Waals surface area contributed by atoms with E-state index in [9.17, 15) is 0 Å². The van der Waals surface area contributed by atoms with Gasteiger partial charge in [-0.3, -0.25) is 0 Å². The van der Waals surface area contributed by atoms with Crippen LogP contribution in [-0.4, -0.2) is 13.2 Å². The van der Waals surface area contributed by atoms with Gasteiger partial charge in [0.1, 0.15) is 5.75 Å². The van der Waals surface area contributed by atoms with Crippen molar-refractivity contribution >= 4 is 0 Å². The molecule has 0 bridgehead atoms. The summed E-state index contributed by atoms with van der Waals surface area (Å²) >= 11 is 0. The Hall–Kier alpha value is -1.02. The van der Waals surface area contributed by atoms with Crippen LogP contribution in [0, 0.1) is 11.8 Å². The second kappa shape index (κ2) is 6.17. The summed E-state index contributed by atoms with van der Waals surface area (Å²) in [6.07, 6.45) is 6.54. The molecular formula is C18H27NO. The van der Waals surface area contributed by atoms with E-state index < -0.39 is 0 Å². The Balaban J connectivity index is 1.86. The monoisotopic (exact) mass is 273 g/mol. The highest BCUT2D eigenvalue weighted by Crippen LogP contribution is 2.44. The smallest absolute Gasteiger partial charge is 0.127 e. The van der Waals surface area contributed by atoms with Crippen LogP contribution in [-0.2, 0) is 6.42 Å². The molecule has 1 aromatic rings. The first-order chi connectivity index (χ1) is 9.83. The zero-order valence-corrected chi connectivity index (χ0v) is 12.8. The molecule has 2 nitrogen and oxygen atoms in total. The standard InChI is InChI=1S/C18H27NO/c1-3-13-8-9-15(12-13)17(19-4-2)16-7-5-6-14-10-11-20-18(14)16/h5-7,13,15,17,19H,3-4,8-12H2,1-2H3. The summed E-state index contributed by atoms with van der Waals surface area (Å²) in [5, 5.41) is 3.74. The number of nitrogens with one attached hydrogen (secondary N) is 1. The fourth-order valence-corrected chi connectivity index (χ4v) is 4.02. The number of benzene rings is 1. The molecule has 1 saturated carbocycles. The predicted molar refractivity (Wildman–Crippen MR) is 83.2 cm³/mol. The molecule has 0 amide bonds. The van der Waals surface area contributed by atoms with E-state index in [1.807, 2.05) is 0 Å². The van der Waals surface area contributed by atoms with Gasteiger partial charge >= 0.3 is 0 Å². The molecule has 20 heavy (non-hydrogen) atoms. The van der Waals surface area contributed by atoms with E-state index in [1.54, 1.807) is 0 Å². The van der Waals surface area contributed by atoms with Crippen LogP contribution in [0.2, 0.25) is 0 Å². The van der Waals surface area contributed by atoms with Crippen molar-refractivity contribution in [1.82, 2.24) is 5.32 Å². The van der Waals surface area contributed by atoms with Gasteiger partial charge in [0.25, 0.3) is 0 Å². The first-order valence-electron chi connectivity index (χ1n) is 8.31. The lowest BCUT2D eigenvalue weighted by molar-refractivity contribution is 0.323. The molecule has 1 N–H and O–H groups in total. The maximum atomic E-state index is 5.93. The number of rotatable bonds is 5. The molecule has 0 spiro atoms. The zero-order chi connectivity index (χ0) is 13.9. The van der Waals surface area contributed by atoms with Crippen LogP contribution in [0.3, 0.4) is 0 Å². The van der Waals surface area contributed by atoms with Crippen molar-refractivity contribution in [1.29, 1.82) is 0 Å². The first-order valence-corrected chi connectivity index (χ1v) is 8.31. The van der Waals surface area contributed by atoms with E-state index in [4.69, 9.17) is 4.74 Å². The Kier molecular flexibility index (Phi) is 4.30. The number of hydrogen-bond donors (Lipinski definition) is 1. The number of hydrogen-bond acceptors (Lipinski definition) is 2. The summed E-state index contributed by atoms with van der Waals surface area (Å²) in [6, 6.07) is 7.18. The van der Waals surface area contributed by atoms with Crippen molar-refractivity contribution in [3.63, 3.8) is 0 Å². The van der Waals surface area contributed by atoms with Gasteiger partial charge in [0.15, 0.2) is 0 Å². The SMILES string of the molecule is CCNC(c1cccc2c1OCC2)C1CCC(CC)C1. The van der Waals surface area contributed by atoms with Crippen molar-refractivity contribution in [2.75, 3.05) is 13.2 Å². The van der Waals surface area contributed by atoms with Gasteiger partial charge in [-0.15, -0.1) is 0 Å². The maximum absolute atomic E-state index is 5.93. The van der Waals surface area contributed by atoms with Crippen LogP contribution in [0.4, 0.5) is 0 Å². The summed E-state index contributed by atoms with van der Waals surface area (Å²) in [4.78, 5) is 0. The first kappa shape index (κ1) is 13.9. The third kappa shape index (κ3) is 2.58. The van der Waals surface area contributed by atoms with Gasteiger partial charge in [-0.1, -0.05) is 44.9 Å². The summed E-state index contributed by atoms with van der Waals surface area (Å²) < 4.78 is 5.93. The highest BCUT2D eigenvalue weighted by Gasteiger charge is 2.33. The van der Waals surface area contributed by atoms with E-state index in [0.29, 0.717) is 6.04 Å². The highest BCUT2D eigenvalue weighted by molar-refractivity contribution is 5.46. The molecule has 0 saturated heterocycles. The Morgan fingerprint density at radius 2 is 2.20 bits per heavy atom. The van der Waals surface area contributed by atoms with E-state index in [-0.39, 0.29) is 0 Å². The topological polar surface area (TPSA) is 21.3 Å². The van der Waals surface area contributed by atoms with Crippen LogP contribution in [0.5, 0.6) is 5.75 Å². The lowest BCUT2D eigenvalue weighted by Crippen LogP contribution is -2.27. The predicted octanol–water partition coefficient (Wildman–Crippen LogP) is 4.10. The number of fused-ring (bicyclic) bond motifs is 1. The van der Waals surface area contributed by atoms with Crippen molar-refractivity contribution in [3.8, 4) is 5.75 Å². The minimum atomic E-state index is 0.476. The normalized spacial score (nSPS) is 26.3. The molecule has 3 atom stereocenters. The van der Waals surface area contributed by atoms with E-state index in [2.05, 4.69) is 37.4 Å². The third-order valence-corrected chi connectivity index (χ3v) is 5.13. The van der Waals surface area contributed by atoms with Crippen molar-refractivity contribution in [2.45, 2.75) is 52.0 Å². The van der Waals surface area contributed by atoms with Gasteiger partial charge in [-0.2, -0.15) is 0 Å². The second-order valence-corrected chi connectivity index (χ2v) is 6.32. The quantitative estimate of drug-likeness (QED) is 0.872. The minimum Gasteiger partial charge on any atom is -0.493 e.